The topological polar surface area (TPSA) is 9.72 Å². The molecule has 0 spiro atoms. The minimum Gasteiger partial charge on any atom is -0.305 e. The van der Waals surface area contributed by atoms with Crippen LogP contribution in [0.1, 0.15) is 83.1 Å². The molecule has 3 nitrogen and oxygen atoms in total. The largest absolute Gasteiger partial charge is 0.305 e. The standard InChI is InChI=1S/C8H19N.C7H17N.C6H15N/c1-6-9(7-2)8(3,4)5;1-6-8(5)7(2,3)4;1-6(2,3)7(4)5/h6-7H2,1-5H3;6H2,1-5H3;1-5H3. The van der Waals surface area contributed by atoms with Crippen LogP contribution in [-0.2, 0) is 0 Å². The van der Waals surface area contributed by atoms with Crippen molar-refractivity contribution in [2.24, 2.45) is 0 Å². The molecule has 0 N–H and O–H groups in total. The Morgan fingerprint density at radius 3 is 0.792 bits per heavy atom. The first-order chi connectivity index (χ1) is 10.4. The number of hydrogen-bond acceptors (Lipinski definition) is 3. The smallest absolute Gasteiger partial charge is 0.0124 e. The van der Waals surface area contributed by atoms with Gasteiger partial charge in [0.1, 0.15) is 0 Å². The predicted octanol–water partition coefficient (Wildman–Crippen LogP) is 5.21. The highest BCUT2D eigenvalue weighted by atomic mass is 15.2. The van der Waals surface area contributed by atoms with E-state index < -0.39 is 0 Å². The highest BCUT2D eigenvalue weighted by Gasteiger charge is 2.16. The molecule has 0 radical (unpaired) electrons. The number of hydrogen-bond donors (Lipinski definition) is 0. The van der Waals surface area contributed by atoms with E-state index >= 15 is 0 Å². The summed E-state index contributed by atoms with van der Waals surface area (Å²) in [6, 6.07) is 0. The summed E-state index contributed by atoms with van der Waals surface area (Å²) in [4.78, 5) is 6.94. The van der Waals surface area contributed by atoms with Crippen LogP contribution in [0.5, 0.6) is 0 Å². The molecule has 0 aromatic carbocycles. The summed E-state index contributed by atoms with van der Waals surface area (Å²) in [5, 5.41) is 0. The molecule has 0 fully saturated rings. The predicted molar refractivity (Wildman–Crippen MR) is 114 cm³/mol. The van der Waals surface area contributed by atoms with Crippen molar-refractivity contribution in [3.05, 3.63) is 0 Å². The zero-order valence-electron chi connectivity index (χ0n) is 20.0. The van der Waals surface area contributed by atoms with Gasteiger partial charge in [-0.25, -0.2) is 0 Å². The van der Waals surface area contributed by atoms with E-state index in [4.69, 9.17) is 0 Å². The van der Waals surface area contributed by atoms with Crippen molar-refractivity contribution in [2.75, 3.05) is 40.8 Å². The summed E-state index contributed by atoms with van der Waals surface area (Å²) >= 11 is 0. The van der Waals surface area contributed by atoms with E-state index in [2.05, 4.69) is 119 Å². The van der Waals surface area contributed by atoms with E-state index in [1.165, 1.54) is 0 Å². The number of nitrogens with zero attached hydrogens (tertiary/aromatic N) is 3. The molecular weight excluding hydrogens is 294 g/mol. The Hall–Kier alpha value is -0.120. The summed E-state index contributed by atoms with van der Waals surface area (Å²) in [5.74, 6) is 0. The molecule has 0 unspecified atom stereocenters. The highest BCUT2D eigenvalue weighted by molar-refractivity contribution is 4.73. The molecule has 0 aromatic rings. The Bertz CT molecular complexity index is 273. The van der Waals surface area contributed by atoms with Crippen LogP contribution in [0.25, 0.3) is 0 Å². The molecule has 0 bridgehead atoms. The van der Waals surface area contributed by atoms with E-state index in [1.54, 1.807) is 0 Å². The van der Waals surface area contributed by atoms with Crippen LogP contribution in [0, 0.1) is 0 Å². The third-order valence-electron chi connectivity index (χ3n) is 4.67. The summed E-state index contributed by atoms with van der Waals surface area (Å²) in [7, 11) is 6.31. The van der Waals surface area contributed by atoms with Gasteiger partial charge in [-0.3, -0.25) is 4.90 Å². The Kier molecular flexibility index (Phi) is 14.7. The average Bonchev–Trinajstić information content (AvgIpc) is 2.36. The van der Waals surface area contributed by atoms with Gasteiger partial charge in [0.2, 0.25) is 0 Å². The molecule has 3 heteroatoms. The second-order valence-corrected chi connectivity index (χ2v) is 9.59. The van der Waals surface area contributed by atoms with Gasteiger partial charge in [-0.15, -0.1) is 0 Å². The first kappa shape index (κ1) is 28.7. The lowest BCUT2D eigenvalue weighted by Crippen LogP contribution is -2.40. The van der Waals surface area contributed by atoms with Gasteiger partial charge in [-0.2, -0.15) is 0 Å². The van der Waals surface area contributed by atoms with Crippen molar-refractivity contribution in [3.63, 3.8) is 0 Å². The summed E-state index contributed by atoms with van der Waals surface area (Å²) in [6.07, 6.45) is 0. The van der Waals surface area contributed by atoms with E-state index in [1.807, 2.05) is 0 Å². The molecule has 150 valence electrons. The van der Waals surface area contributed by atoms with Crippen LogP contribution in [-0.4, -0.2) is 72.1 Å². The third kappa shape index (κ3) is 16.7. The maximum Gasteiger partial charge on any atom is 0.0124 e. The molecule has 0 saturated carbocycles. The van der Waals surface area contributed by atoms with Crippen LogP contribution < -0.4 is 0 Å². The molecule has 0 aliphatic heterocycles. The lowest BCUT2D eigenvalue weighted by molar-refractivity contribution is 0.153. The van der Waals surface area contributed by atoms with Gasteiger partial charge in [0.05, 0.1) is 0 Å². The normalized spacial score (nSPS) is 12.8. The molecular formula is C21H51N3. The molecule has 0 aliphatic carbocycles. The lowest BCUT2D eigenvalue weighted by atomic mass is 10.1. The Balaban J connectivity index is -0.000000278. The minimum atomic E-state index is 0.333. The van der Waals surface area contributed by atoms with Gasteiger partial charge in [0, 0.05) is 16.6 Å². The fourth-order valence-corrected chi connectivity index (χ4v) is 1.65. The van der Waals surface area contributed by atoms with Crippen molar-refractivity contribution in [2.45, 2.75) is 99.7 Å². The summed E-state index contributed by atoms with van der Waals surface area (Å²) < 4.78 is 0. The monoisotopic (exact) mass is 345 g/mol. The molecule has 0 amide bonds. The first-order valence-corrected chi connectivity index (χ1v) is 9.58. The van der Waals surface area contributed by atoms with Gasteiger partial charge in [-0.1, -0.05) is 20.8 Å². The van der Waals surface area contributed by atoms with Crippen molar-refractivity contribution < 1.29 is 0 Å². The second kappa shape index (κ2) is 12.3. The zero-order valence-corrected chi connectivity index (χ0v) is 20.0. The van der Waals surface area contributed by atoms with E-state index in [0.29, 0.717) is 16.6 Å². The average molecular weight is 346 g/mol. The van der Waals surface area contributed by atoms with Crippen molar-refractivity contribution >= 4 is 0 Å². The maximum absolute atomic E-state index is 2.44. The Morgan fingerprint density at radius 2 is 0.792 bits per heavy atom. The van der Waals surface area contributed by atoms with Gasteiger partial charge in [-0.05, 0) is 103 Å². The summed E-state index contributed by atoms with van der Waals surface area (Å²) in [6.45, 7) is 30.0. The Labute approximate surface area is 155 Å². The van der Waals surface area contributed by atoms with Crippen molar-refractivity contribution in [1.82, 2.24) is 14.7 Å². The molecule has 0 rings (SSSR count). The van der Waals surface area contributed by atoms with Gasteiger partial charge in [0.25, 0.3) is 0 Å². The summed E-state index contributed by atoms with van der Waals surface area (Å²) in [5.41, 5.74) is 1.03. The quantitative estimate of drug-likeness (QED) is 0.695. The molecule has 0 aliphatic rings. The van der Waals surface area contributed by atoms with Gasteiger partial charge in [0.15, 0.2) is 0 Å². The van der Waals surface area contributed by atoms with Crippen LogP contribution >= 0.6 is 0 Å². The number of rotatable bonds is 3. The SMILES string of the molecule is CCN(C)C(C)(C)C.CCN(CC)C(C)(C)C.CN(C)C(C)(C)C. The van der Waals surface area contributed by atoms with E-state index in [0.717, 1.165) is 19.6 Å². The fraction of sp³-hybridized carbons (Fsp3) is 1.00. The van der Waals surface area contributed by atoms with Crippen LogP contribution in [0.15, 0.2) is 0 Å². The minimum absolute atomic E-state index is 0.333. The molecule has 0 saturated heterocycles. The molecule has 0 aromatic heterocycles. The van der Waals surface area contributed by atoms with Gasteiger partial charge >= 0.3 is 0 Å². The van der Waals surface area contributed by atoms with Crippen molar-refractivity contribution in [3.8, 4) is 0 Å². The second-order valence-electron chi connectivity index (χ2n) is 9.59. The molecule has 0 atom stereocenters. The molecule has 24 heavy (non-hydrogen) atoms. The van der Waals surface area contributed by atoms with E-state index in [9.17, 15) is 0 Å². The first-order valence-electron chi connectivity index (χ1n) is 9.58. The van der Waals surface area contributed by atoms with Crippen LogP contribution in [0.4, 0.5) is 0 Å². The highest BCUT2D eigenvalue weighted by Crippen LogP contribution is 2.11. The van der Waals surface area contributed by atoms with Crippen LogP contribution in [0.2, 0.25) is 0 Å². The van der Waals surface area contributed by atoms with Gasteiger partial charge < -0.3 is 9.80 Å². The zero-order chi connectivity index (χ0) is 20.4. The van der Waals surface area contributed by atoms with E-state index in [-0.39, 0.29) is 0 Å². The third-order valence-corrected chi connectivity index (χ3v) is 4.67. The fourth-order valence-electron chi connectivity index (χ4n) is 1.65. The maximum atomic E-state index is 2.44. The lowest BCUT2D eigenvalue weighted by Gasteiger charge is -2.33. The van der Waals surface area contributed by atoms with Crippen molar-refractivity contribution in [1.29, 1.82) is 0 Å². The Morgan fingerprint density at radius 1 is 0.500 bits per heavy atom. The van der Waals surface area contributed by atoms with Crippen LogP contribution in [0.3, 0.4) is 0 Å². The molecule has 0 heterocycles.